The van der Waals surface area contributed by atoms with Crippen molar-refractivity contribution in [1.29, 1.82) is 0 Å². The molecule has 140 valence electrons. The minimum absolute atomic E-state index is 0.234. The molecule has 0 radical (unpaired) electrons. The molecule has 1 heterocycles. The highest BCUT2D eigenvalue weighted by molar-refractivity contribution is 6.07. The number of amides is 1. The smallest absolute Gasteiger partial charge is 0.259 e. The molecule has 0 aliphatic rings. The molecule has 1 aromatic heterocycles. The first-order chi connectivity index (χ1) is 13.5. The summed E-state index contributed by atoms with van der Waals surface area (Å²) in [5, 5.41) is 2.91. The van der Waals surface area contributed by atoms with Crippen molar-refractivity contribution in [3.8, 4) is 17.2 Å². The Balaban J connectivity index is 1.63. The zero-order chi connectivity index (χ0) is 19.7. The average molecular weight is 372 g/mol. The van der Waals surface area contributed by atoms with Gasteiger partial charge in [-0.2, -0.15) is 0 Å². The van der Waals surface area contributed by atoms with Crippen LogP contribution in [0.2, 0.25) is 0 Å². The van der Waals surface area contributed by atoms with Gasteiger partial charge in [-0.3, -0.25) is 4.79 Å². The van der Waals surface area contributed by atoms with Crippen LogP contribution in [-0.2, 0) is 0 Å². The van der Waals surface area contributed by atoms with E-state index >= 15 is 0 Å². The topological polar surface area (TPSA) is 64.4 Å². The van der Waals surface area contributed by atoms with Crippen molar-refractivity contribution in [2.45, 2.75) is 13.8 Å². The van der Waals surface area contributed by atoms with Crippen molar-refractivity contribution in [3.05, 3.63) is 77.4 Å². The van der Waals surface area contributed by atoms with Gasteiger partial charge in [-0.15, -0.1) is 0 Å². The molecular weight excluding hydrogens is 352 g/mol. The number of methoxy groups -OCH3 is 1. The third kappa shape index (κ3) is 3.34. The second-order valence-electron chi connectivity index (χ2n) is 6.68. The first kappa shape index (κ1) is 17.8. The highest BCUT2D eigenvalue weighted by Gasteiger charge is 2.15. The number of carbonyl (C=O) groups is 1. The van der Waals surface area contributed by atoms with Crippen LogP contribution in [0.15, 0.2) is 65.1 Å². The molecule has 4 aromatic rings. The average Bonchev–Trinajstić information content (AvgIpc) is 3.11. The minimum Gasteiger partial charge on any atom is -0.496 e. The van der Waals surface area contributed by atoms with E-state index in [1.807, 2.05) is 56.3 Å². The maximum absolute atomic E-state index is 12.7. The molecule has 1 amide bonds. The van der Waals surface area contributed by atoms with E-state index in [1.165, 1.54) is 0 Å². The number of anilines is 1. The lowest BCUT2D eigenvalue weighted by molar-refractivity contribution is 0.102. The van der Waals surface area contributed by atoms with Crippen LogP contribution in [0, 0.1) is 13.8 Å². The number of carbonyl (C=O) groups excluding carboxylic acids is 1. The number of ether oxygens (including phenoxy) is 1. The lowest BCUT2D eigenvalue weighted by Gasteiger charge is -2.11. The van der Waals surface area contributed by atoms with E-state index in [-0.39, 0.29) is 5.91 Å². The Kier molecular flexibility index (Phi) is 4.57. The van der Waals surface area contributed by atoms with Crippen molar-refractivity contribution >= 4 is 22.7 Å². The number of rotatable bonds is 4. The van der Waals surface area contributed by atoms with Gasteiger partial charge in [0.1, 0.15) is 11.3 Å². The van der Waals surface area contributed by atoms with Gasteiger partial charge in [-0.05, 0) is 55.8 Å². The third-order valence-electron chi connectivity index (χ3n) is 4.57. The first-order valence-electron chi connectivity index (χ1n) is 8.98. The molecule has 0 aliphatic carbocycles. The summed E-state index contributed by atoms with van der Waals surface area (Å²) in [4.78, 5) is 17.3. The summed E-state index contributed by atoms with van der Waals surface area (Å²) in [6.45, 7) is 3.93. The number of nitrogens with one attached hydrogen (secondary N) is 1. The number of hydrogen-bond donors (Lipinski definition) is 1. The number of aryl methyl sites for hydroxylation is 2. The van der Waals surface area contributed by atoms with Gasteiger partial charge in [0, 0.05) is 11.3 Å². The van der Waals surface area contributed by atoms with E-state index in [9.17, 15) is 4.79 Å². The minimum atomic E-state index is -0.234. The van der Waals surface area contributed by atoms with Crippen molar-refractivity contribution in [3.63, 3.8) is 0 Å². The zero-order valence-electron chi connectivity index (χ0n) is 15.9. The highest BCUT2D eigenvalue weighted by atomic mass is 16.5. The standard InChI is InChI=1S/C23H20N2O3/c1-14-6-4-8-16(12-14)23-25-19-13-17(10-11-20(19)28-23)24-22(26)18-9-5-7-15(2)21(18)27-3/h4-13H,1-3H3,(H,24,26). The molecule has 0 aliphatic heterocycles. The first-order valence-corrected chi connectivity index (χ1v) is 8.98. The molecule has 1 N–H and O–H groups in total. The molecule has 5 nitrogen and oxygen atoms in total. The molecule has 0 spiro atoms. The Labute approximate surface area is 163 Å². The van der Waals surface area contributed by atoms with Gasteiger partial charge in [-0.1, -0.05) is 29.8 Å². The number of para-hydroxylation sites is 1. The van der Waals surface area contributed by atoms with Crippen LogP contribution >= 0.6 is 0 Å². The van der Waals surface area contributed by atoms with Crippen molar-refractivity contribution in [2.24, 2.45) is 0 Å². The van der Waals surface area contributed by atoms with Gasteiger partial charge >= 0.3 is 0 Å². The van der Waals surface area contributed by atoms with Crippen molar-refractivity contribution in [2.75, 3.05) is 12.4 Å². The lowest BCUT2D eigenvalue weighted by Crippen LogP contribution is -2.13. The van der Waals surface area contributed by atoms with E-state index in [4.69, 9.17) is 9.15 Å². The fourth-order valence-corrected chi connectivity index (χ4v) is 3.21. The highest BCUT2D eigenvalue weighted by Crippen LogP contribution is 2.28. The summed E-state index contributed by atoms with van der Waals surface area (Å²) >= 11 is 0. The van der Waals surface area contributed by atoms with E-state index in [2.05, 4.69) is 10.3 Å². The molecule has 0 fully saturated rings. The number of aromatic nitrogens is 1. The van der Waals surface area contributed by atoms with Gasteiger partial charge in [0.15, 0.2) is 5.58 Å². The molecule has 3 aromatic carbocycles. The second-order valence-corrected chi connectivity index (χ2v) is 6.68. The van der Waals surface area contributed by atoms with Crippen molar-refractivity contribution in [1.82, 2.24) is 4.98 Å². The quantitative estimate of drug-likeness (QED) is 0.523. The van der Waals surface area contributed by atoms with E-state index in [0.717, 1.165) is 16.7 Å². The Hall–Kier alpha value is -3.60. The summed E-state index contributed by atoms with van der Waals surface area (Å²) in [5.41, 5.74) is 5.46. The van der Waals surface area contributed by atoms with Crippen molar-refractivity contribution < 1.29 is 13.9 Å². The second kappa shape index (κ2) is 7.19. The largest absolute Gasteiger partial charge is 0.496 e. The molecule has 4 rings (SSSR count). The molecule has 0 saturated heterocycles. The molecule has 0 unspecified atom stereocenters. The molecule has 0 bridgehead atoms. The molecular formula is C23H20N2O3. The molecule has 5 heteroatoms. The van der Waals surface area contributed by atoms with Crippen LogP contribution in [-0.4, -0.2) is 18.0 Å². The Morgan fingerprint density at radius 2 is 1.86 bits per heavy atom. The van der Waals surface area contributed by atoms with Crippen LogP contribution in [0.25, 0.3) is 22.6 Å². The predicted octanol–water partition coefficient (Wildman–Crippen LogP) is 5.37. The number of benzene rings is 3. The summed E-state index contributed by atoms with van der Waals surface area (Å²) in [7, 11) is 1.56. The maximum Gasteiger partial charge on any atom is 0.259 e. The molecule has 28 heavy (non-hydrogen) atoms. The normalized spacial score (nSPS) is 10.8. The Morgan fingerprint density at radius 1 is 1.04 bits per heavy atom. The summed E-state index contributed by atoms with van der Waals surface area (Å²) in [6, 6.07) is 18.9. The van der Waals surface area contributed by atoms with Gasteiger partial charge in [0.05, 0.1) is 12.7 Å². The molecule has 0 atom stereocenters. The summed E-state index contributed by atoms with van der Waals surface area (Å²) in [6.07, 6.45) is 0. The number of oxazole rings is 1. The SMILES string of the molecule is COc1c(C)cccc1C(=O)Nc1ccc2oc(-c3cccc(C)c3)nc2c1. The third-order valence-corrected chi connectivity index (χ3v) is 4.57. The van der Waals surface area contributed by atoms with Gasteiger partial charge in [0.25, 0.3) is 5.91 Å². The predicted molar refractivity (Wildman–Crippen MR) is 110 cm³/mol. The number of nitrogens with zero attached hydrogens (tertiary/aromatic N) is 1. The van der Waals surface area contributed by atoms with Gasteiger partial charge in [-0.25, -0.2) is 4.98 Å². The molecule has 0 saturated carbocycles. The summed E-state index contributed by atoms with van der Waals surface area (Å²) in [5.74, 6) is 0.897. The number of fused-ring (bicyclic) bond motifs is 1. The van der Waals surface area contributed by atoms with Crippen LogP contribution in [0.5, 0.6) is 5.75 Å². The van der Waals surface area contributed by atoms with Crippen LogP contribution in [0.1, 0.15) is 21.5 Å². The zero-order valence-corrected chi connectivity index (χ0v) is 15.9. The monoisotopic (exact) mass is 372 g/mol. The van der Waals surface area contributed by atoms with E-state index in [1.54, 1.807) is 25.3 Å². The van der Waals surface area contributed by atoms with Gasteiger partial charge < -0.3 is 14.5 Å². The van der Waals surface area contributed by atoms with Gasteiger partial charge in [0.2, 0.25) is 5.89 Å². The fourth-order valence-electron chi connectivity index (χ4n) is 3.21. The maximum atomic E-state index is 12.7. The fraction of sp³-hybridized carbons (Fsp3) is 0.130. The Morgan fingerprint density at radius 3 is 2.64 bits per heavy atom. The summed E-state index contributed by atoms with van der Waals surface area (Å²) < 4.78 is 11.2. The Bertz CT molecular complexity index is 1180. The number of hydrogen-bond acceptors (Lipinski definition) is 4. The van der Waals surface area contributed by atoms with E-state index in [0.29, 0.717) is 34.0 Å². The van der Waals surface area contributed by atoms with E-state index < -0.39 is 0 Å². The van der Waals surface area contributed by atoms with Crippen LogP contribution < -0.4 is 10.1 Å². The van der Waals surface area contributed by atoms with Crippen LogP contribution in [0.4, 0.5) is 5.69 Å². The van der Waals surface area contributed by atoms with Crippen LogP contribution in [0.3, 0.4) is 0 Å². The lowest BCUT2D eigenvalue weighted by atomic mass is 10.1.